The maximum absolute atomic E-state index is 13.9. The summed E-state index contributed by atoms with van der Waals surface area (Å²) in [5, 5.41) is 13.6. The topological polar surface area (TPSA) is 103 Å². The van der Waals surface area contributed by atoms with Gasteiger partial charge in [0.1, 0.15) is 0 Å². The minimum absolute atomic E-state index is 0.00981. The van der Waals surface area contributed by atoms with Crippen LogP contribution in [0.3, 0.4) is 0 Å². The molecule has 7 nitrogen and oxygen atoms in total. The third kappa shape index (κ3) is 4.67. The third-order valence-electron chi connectivity index (χ3n) is 5.36. The lowest BCUT2D eigenvalue weighted by Gasteiger charge is -2.12. The average molecular weight is 564 g/mol. The van der Waals surface area contributed by atoms with Crippen LogP contribution in [0.5, 0.6) is 0 Å². The molecule has 0 bridgehead atoms. The number of carbonyl (C=O) groups excluding carboxylic acids is 1. The number of aliphatic carboxylic acids is 1. The van der Waals surface area contributed by atoms with Crippen molar-refractivity contribution in [3.8, 4) is 0 Å². The van der Waals surface area contributed by atoms with Crippen LogP contribution in [0.2, 0.25) is 10.0 Å². The van der Waals surface area contributed by atoms with Gasteiger partial charge in [-0.1, -0.05) is 40.9 Å². The van der Waals surface area contributed by atoms with E-state index in [1.165, 1.54) is 41.7 Å². The van der Waals surface area contributed by atoms with Gasteiger partial charge in [0.15, 0.2) is 5.69 Å². The van der Waals surface area contributed by atoms with Crippen molar-refractivity contribution in [2.24, 2.45) is 0 Å². The van der Waals surface area contributed by atoms with Crippen molar-refractivity contribution in [1.29, 1.82) is 0 Å². The molecule has 4 aromatic rings. The zero-order valence-corrected chi connectivity index (χ0v) is 22.1. The number of thiophene rings is 1. The van der Waals surface area contributed by atoms with Crippen molar-refractivity contribution < 1.29 is 27.9 Å². The molecule has 0 aliphatic rings. The van der Waals surface area contributed by atoms with E-state index in [2.05, 4.69) is 0 Å². The Morgan fingerprint density at radius 3 is 2.42 bits per heavy atom. The number of hydrogen-bond donors (Lipinski definition) is 1. The summed E-state index contributed by atoms with van der Waals surface area (Å²) < 4.78 is 33.9. The summed E-state index contributed by atoms with van der Waals surface area (Å²) in [6, 6.07) is 10.5. The molecule has 4 rings (SSSR count). The Balaban J connectivity index is 2.19. The first-order chi connectivity index (χ1) is 17.1. The van der Waals surface area contributed by atoms with Crippen LogP contribution in [0.1, 0.15) is 34.1 Å². The molecule has 0 aliphatic carbocycles. The van der Waals surface area contributed by atoms with Gasteiger partial charge in [0.25, 0.3) is 10.0 Å². The standard InChI is InChI=1S/C25H19Cl2NO6S2/c1-3-34-25(31)23-19(12-18(24(29)30)15-8-9-35-13-15)22-20(27)10-16(26)11-21(22)28(23)36(32,33)17-6-4-14(2)5-7-17/h4-13H,3H2,1-2H3,(H,29,30)/b18-12-. The molecule has 0 atom stereocenters. The second kappa shape index (κ2) is 10.1. The van der Waals surface area contributed by atoms with Crippen molar-refractivity contribution >= 4 is 79.1 Å². The molecule has 0 fully saturated rings. The van der Waals surface area contributed by atoms with Crippen molar-refractivity contribution in [2.75, 3.05) is 6.61 Å². The van der Waals surface area contributed by atoms with Crippen LogP contribution in [0, 0.1) is 6.92 Å². The number of hydrogen-bond acceptors (Lipinski definition) is 6. The van der Waals surface area contributed by atoms with Gasteiger partial charge in [0.2, 0.25) is 0 Å². The number of halogens is 2. The van der Waals surface area contributed by atoms with Gasteiger partial charge in [0, 0.05) is 16.0 Å². The van der Waals surface area contributed by atoms with Gasteiger partial charge in [-0.2, -0.15) is 11.3 Å². The van der Waals surface area contributed by atoms with Crippen molar-refractivity contribution in [1.82, 2.24) is 3.97 Å². The average Bonchev–Trinajstić information content (AvgIpc) is 3.44. The SMILES string of the molecule is CCOC(=O)c1c(/C=C(\C(=O)O)c2ccsc2)c2c(Cl)cc(Cl)cc2n1S(=O)(=O)c1ccc(C)cc1. The van der Waals surface area contributed by atoms with Gasteiger partial charge in [-0.15, -0.1) is 0 Å². The molecule has 11 heteroatoms. The maximum Gasteiger partial charge on any atom is 0.356 e. The van der Waals surface area contributed by atoms with Crippen LogP contribution in [-0.2, 0) is 19.6 Å². The smallest absolute Gasteiger partial charge is 0.356 e. The van der Waals surface area contributed by atoms with E-state index in [1.54, 1.807) is 35.9 Å². The molecule has 0 radical (unpaired) electrons. The van der Waals surface area contributed by atoms with E-state index in [1.807, 2.05) is 6.92 Å². The minimum atomic E-state index is -4.37. The van der Waals surface area contributed by atoms with Crippen molar-refractivity contribution in [3.63, 3.8) is 0 Å². The zero-order chi connectivity index (χ0) is 26.2. The van der Waals surface area contributed by atoms with E-state index in [9.17, 15) is 23.1 Å². The molecule has 0 amide bonds. The van der Waals surface area contributed by atoms with Gasteiger partial charge >= 0.3 is 11.9 Å². The number of aromatic nitrogens is 1. The van der Waals surface area contributed by atoms with E-state index in [0.29, 0.717) is 5.56 Å². The highest BCUT2D eigenvalue weighted by Gasteiger charge is 2.33. The quantitative estimate of drug-likeness (QED) is 0.207. The number of aryl methyl sites for hydroxylation is 1. The Kier molecular flexibility index (Phi) is 7.28. The van der Waals surface area contributed by atoms with Gasteiger partial charge in [-0.3, -0.25) is 0 Å². The summed E-state index contributed by atoms with van der Waals surface area (Å²) in [6.07, 6.45) is 1.24. The van der Waals surface area contributed by atoms with Crippen LogP contribution >= 0.6 is 34.5 Å². The largest absolute Gasteiger partial charge is 0.478 e. The number of ether oxygens (including phenoxy) is 1. The number of carboxylic acids is 1. The van der Waals surface area contributed by atoms with E-state index in [4.69, 9.17) is 27.9 Å². The van der Waals surface area contributed by atoms with Gasteiger partial charge in [-0.05, 0) is 66.6 Å². The normalized spacial score (nSPS) is 12.2. The Bertz CT molecular complexity index is 1620. The highest BCUT2D eigenvalue weighted by atomic mass is 35.5. The number of rotatable bonds is 7. The predicted octanol–water partition coefficient (Wildman–Crippen LogP) is 6.36. The molecule has 2 heterocycles. The molecular formula is C25H19Cl2NO6S2. The molecule has 2 aromatic carbocycles. The summed E-state index contributed by atoms with van der Waals surface area (Å²) in [6.45, 7) is 3.34. The van der Waals surface area contributed by atoms with Crippen molar-refractivity contribution in [3.05, 3.63) is 85.7 Å². The Hall–Kier alpha value is -3.11. The van der Waals surface area contributed by atoms with Crippen LogP contribution in [0.15, 0.2) is 58.1 Å². The van der Waals surface area contributed by atoms with Crippen LogP contribution < -0.4 is 0 Å². The fourth-order valence-electron chi connectivity index (χ4n) is 3.76. The monoisotopic (exact) mass is 563 g/mol. The van der Waals surface area contributed by atoms with Crippen molar-refractivity contribution in [2.45, 2.75) is 18.7 Å². The number of nitrogens with zero attached hydrogens (tertiary/aromatic N) is 1. The van der Waals surface area contributed by atoms with E-state index >= 15 is 0 Å². The molecule has 0 unspecified atom stereocenters. The summed E-state index contributed by atoms with van der Waals surface area (Å²) in [5.74, 6) is -2.23. The molecule has 1 N–H and O–H groups in total. The summed E-state index contributed by atoms with van der Waals surface area (Å²) in [5.41, 5.74) is 0.690. The number of carboxylic acid groups (broad SMARTS) is 1. The second-order valence-electron chi connectivity index (χ2n) is 7.72. The predicted molar refractivity (Wildman–Crippen MR) is 142 cm³/mol. The minimum Gasteiger partial charge on any atom is -0.478 e. The third-order valence-corrected chi connectivity index (χ3v) is 8.29. The molecule has 0 saturated heterocycles. The summed E-state index contributed by atoms with van der Waals surface area (Å²) in [7, 11) is -4.37. The fourth-order valence-corrected chi connectivity index (χ4v) is 6.51. The highest BCUT2D eigenvalue weighted by Crippen LogP contribution is 2.39. The van der Waals surface area contributed by atoms with Gasteiger partial charge in [0.05, 0.1) is 27.6 Å². The van der Waals surface area contributed by atoms with E-state index < -0.39 is 22.0 Å². The summed E-state index contributed by atoms with van der Waals surface area (Å²) in [4.78, 5) is 25.4. The lowest BCUT2D eigenvalue weighted by atomic mass is 10.0. The van der Waals surface area contributed by atoms with Gasteiger partial charge < -0.3 is 9.84 Å². The molecule has 0 saturated carbocycles. The Morgan fingerprint density at radius 1 is 1.14 bits per heavy atom. The zero-order valence-electron chi connectivity index (χ0n) is 19.0. The fraction of sp³-hybridized carbons (Fsp3) is 0.120. The Labute approximate surface area is 221 Å². The highest BCUT2D eigenvalue weighted by molar-refractivity contribution is 7.90. The molecule has 186 valence electrons. The molecule has 0 spiro atoms. The first kappa shape index (κ1) is 26.0. The number of benzene rings is 2. The lowest BCUT2D eigenvalue weighted by molar-refractivity contribution is -0.130. The molecule has 2 aromatic heterocycles. The van der Waals surface area contributed by atoms with E-state index in [0.717, 1.165) is 9.54 Å². The van der Waals surface area contributed by atoms with Gasteiger partial charge in [-0.25, -0.2) is 22.0 Å². The molecular weight excluding hydrogens is 545 g/mol. The van der Waals surface area contributed by atoms with E-state index in [-0.39, 0.29) is 49.3 Å². The number of esters is 1. The van der Waals surface area contributed by atoms with Crippen LogP contribution in [0.25, 0.3) is 22.6 Å². The molecule has 36 heavy (non-hydrogen) atoms. The summed E-state index contributed by atoms with van der Waals surface area (Å²) >= 11 is 14.0. The number of fused-ring (bicyclic) bond motifs is 1. The lowest BCUT2D eigenvalue weighted by Crippen LogP contribution is -2.20. The van der Waals surface area contributed by atoms with Crippen LogP contribution in [0.4, 0.5) is 0 Å². The second-order valence-corrected chi connectivity index (χ2v) is 11.1. The number of carbonyl (C=O) groups is 2. The first-order valence-corrected chi connectivity index (χ1v) is 13.7. The Morgan fingerprint density at radius 2 is 1.83 bits per heavy atom. The first-order valence-electron chi connectivity index (χ1n) is 10.6. The maximum atomic E-state index is 13.9. The van der Waals surface area contributed by atoms with Crippen LogP contribution in [-0.4, -0.2) is 36.0 Å². The molecule has 0 aliphatic heterocycles.